The van der Waals surface area contributed by atoms with Gasteiger partial charge >= 0.3 is 0 Å². The van der Waals surface area contributed by atoms with Gasteiger partial charge in [0, 0.05) is 42.5 Å². The number of aliphatic hydroxyl groups is 2. The smallest absolute Gasteiger partial charge is 0.131 e. The fourth-order valence-corrected chi connectivity index (χ4v) is 5.09. The van der Waals surface area contributed by atoms with Gasteiger partial charge in [-0.3, -0.25) is 4.98 Å². The molecule has 2 N–H and O–H groups in total. The molecule has 1 saturated heterocycles. The van der Waals surface area contributed by atoms with E-state index in [-0.39, 0.29) is 6.61 Å². The third-order valence-electron chi connectivity index (χ3n) is 7.19. The van der Waals surface area contributed by atoms with Gasteiger partial charge in [0.2, 0.25) is 0 Å². The summed E-state index contributed by atoms with van der Waals surface area (Å²) < 4.78 is 6.09. The third kappa shape index (κ3) is 5.22. The molecule has 2 aliphatic rings. The van der Waals surface area contributed by atoms with Crippen LogP contribution in [-0.4, -0.2) is 46.3 Å². The SMILES string of the molecule is Cc1ccc(C2(O)CCN(CC/C=C3/c4cc(C#CCO)ccc4OCc4ncccc43)CC2)cc1. The highest BCUT2D eigenvalue weighted by molar-refractivity contribution is 5.85. The molecule has 5 heteroatoms. The Kier molecular flexibility index (Phi) is 7.20. The van der Waals surface area contributed by atoms with Crippen molar-refractivity contribution in [3.05, 3.63) is 100 Å². The average molecular weight is 481 g/mol. The van der Waals surface area contributed by atoms with E-state index in [2.05, 4.69) is 65.1 Å². The maximum absolute atomic E-state index is 11.2. The van der Waals surface area contributed by atoms with Crippen molar-refractivity contribution in [3.8, 4) is 17.6 Å². The molecular formula is C31H32N2O3. The van der Waals surface area contributed by atoms with Crippen molar-refractivity contribution >= 4 is 5.57 Å². The van der Waals surface area contributed by atoms with E-state index in [4.69, 9.17) is 9.84 Å². The Labute approximate surface area is 213 Å². The van der Waals surface area contributed by atoms with E-state index in [0.717, 1.165) is 78.2 Å². The Hall–Kier alpha value is -3.43. The first-order valence-corrected chi connectivity index (χ1v) is 12.6. The second-order valence-electron chi connectivity index (χ2n) is 9.60. The highest BCUT2D eigenvalue weighted by atomic mass is 16.5. The molecule has 0 saturated carbocycles. The number of aryl methyl sites for hydroxylation is 1. The van der Waals surface area contributed by atoms with Crippen molar-refractivity contribution in [2.24, 2.45) is 0 Å². The number of rotatable bonds is 4. The first-order valence-electron chi connectivity index (χ1n) is 12.6. The number of fused-ring (bicyclic) bond motifs is 2. The van der Waals surface area contributed by atoms with Crippen molar-refractivity contribution in [2.45, 2.75) is 38.4 Å². The first kappa shape index (κ1) is 24.3. The zero-order chi connectivity index (χ0) is 25.0. The molecule has 0 atom stereocenters. The zero-order valence-corrected chi connectivity index (χ0v) is 20.7. The van der Waals surface area contributed by atoms with Gasteiger partial charge in [-0.2, -0.15) is 0 Å². The van der Waals surface area contributed by atoms with Gasteiger partial charge < -0.3 is 19.8 Å². The predicted octanol–water partition coefficient (Wildman–Crippen LogP) is 4.43. The van der Waals surface area contributed by atoms with Crippen molar-refractivity contribution in [3.63, 3.8) is 0 Å². The van der Waals surface area contributed by atoms with Crippen LogP contribution in [0, 0.1) is 18.8 Å². The van der Waals surface area contributed by atoms with Crippen LogP contribution in [0.25, 0.3) is 5.57 Å². The van der Waals surface area contributed by atoms with E-state index in [1.807, 2.05) is 24.3 Å². The number of aromatic nitrogens is 1. The second-order valence-corrected chi connectivity index (χ2v) is 9.60. The van der Waals surface area contributed by atoms with Crippen LogP contribution in [0.4, 0.5) is 0 Å². The average Bonchev–Trinajstić information content (AvgIpc) is 3.06. The number of likely N-dealkylation sites (tertiary alicyclic amines) is 1. The Bertz CT molecular complexity index is 1310. The lowest BCUT2D eigenvalue weighted by Crippen LogP contribution is -2.42. The first-order chi connectivity index (χ1) is 17.6. The molecule has 184 valence electrons. The Morgan fingerprint density at radius 3 is 2.67 bits per heavy atom. The fourth-order valence-electron chi connectivity index (χ4n) is 5.09. The van der Waals surface area contributed by atoms with Crippen LogP contribution in [-0.2, 0) is 12.2 Å². The van der Waals surface area contributed by atoms with Crippen LogP contribution < -0.4 is 4.74 Å². The van der Waals surface area contributed by atoms with Crippen molar-refractivity contribution < 1.29 is 14.9 Å². The largest absolute Gasteiger partial charge is 0.487 e. The molecule has 0 radical (unpaired) electrons. The summed E-state index contributed by atoms with van der Waals surface area (Å²) in [6, 6.07) is 18.2. The van der Waals surface area contributed by atoms with Crippen LogP contribution in [0.2, 0.25) is 0 Å². The molecule has 0 amide bonds. The number of ether oxygens (including phenoxy) is 1. The Morgan fingerprint density at radius 1 is 1.08 bits per heavy atom. The predicted molar refractivity (Wildman–Crippen MR) is 141 cm³/mol. The van der Waals surface area contributed by atoms with E-state index in [9.17, 15) is 5.11 Å². The summed E-state index contributed by atoms with van der Waals surface area (Å²) in [5.74, 6) is 6.56. The van der Waals surface area contributed by atoms with Crippen LogP contribution in [0.1, 0.15) is 52.8 Å². The molecule has 3 aromatic rings. The van der Waals surface area contributed by atoms with E-state index >= 15 is 0 Å². The van der Waals surface area contributed by atoms with Crippen LogP contribution in [0.5, 0.6) is 5.75 Å². The van der Waals surface area contributed by atoms with Gasteiger partial charge in [-0.25, -0.2) is 0 Å². The number of aliphatic hydroxyl groups excluding tert-OH is 1. The second kappa shape index (κ2) is 10.7. The van der Waals surface area contributed by atoms with Gasteiger partial charge in [-0.1, -0.05) is 53.8 Å². The molecule has 0 bridgehead atoms. The normalized spacial score (nSPS) is 17.8. The summed E-state index contributed by atoms with van der Waals surface area (Å²) in [5.41, 5.74) is 6.44. The molecule has 1 aromatic heterocycles. The van der Waals surface area contributed by atoms with Crippen molar-refractivity contribution in [1.29, 1.82) is 0 Å². The van der Waals surface area contributed by atoms with Crippen LogP contribution in [0.3, 0.4) is 0 Å². The summed E-state index contributed by atoms with van der Waals surface area (Å²) in [6.45, 7) is 4.98. The van der Waals surface area contributed by atoms with E-state index in [1.54, 1.807) is 6.20 Å². The number of hydrogen-bond acceptors (Lipinski definition) is 5. The topological polar surface area (TPSA) is 65.8 Å². The third-order valence-corrected chi connectivity index (χ3v) is 7.19. The minimum atomic E-state index is -0.739. The molecule has 5 rings (SSSR count). The Morgan fingerprint density at radius 2 is 1.89 bits per heavy atom. The summed E-state index contributed by atoms with van der Waals surface area (Å²) in [5, 5.41) is 20.3. The molecule has 0 unspecified atom stereocenters. The monoisotopic (exact) mass is 480 g/mol. The number of pyridine rings is 1. The lowest BCUT2D eigenvalue weighted by atomic mass is 9.84. The molecule has 0 aliphatic carbocycles. The molecule has 1 fully saturated rings. The lowest BCUT2D eigenvalue weighted by Gasteiger charge is -2.38. The Balaban J connectivity index is 1.33. The summed E-state index contributed by atoms with van der Waals surface area (Å²) in [6.07, 6.45) is 6.43. The van der Waals surface area contributed by atoms with Crippen LogP contribution in [0.15, 0.2) is 66.9 Å². The number of hydrogen-bond donors (Lipinski definition) is 2. The minimum Gasteiger partial charge on any atom is -0.487 e. The van der Waals surface area contributed by atoms with Gasteiger partial charge in [0.1, 0.15) is 19.0 Å². The number of nitrogens with zero attached hydrogens (tertiary/aromatic N) is 2. The van der Waals surface area contributed by atoms with E-state index in [1.165, 1.54) is 5.56 Å². The van der Waals surface area contributed by atoms with Gasteiger partial charge in [0.15, 0.2) is 0 Å². The molecule has 36 heavy (non-hydrogen) atoms. The van der Waals surface area contributed by atoms with E-state index in [0.29, 0.717) is 6.61 Å². The summed E-state index contributed by atoms with van der Waals surface area (Å²) >= 11 is 0. The lowest BCUT2D eigenvalue weighted by molar-refractivity contribution is -0.0254. The maximum atomic E-state index is 11.2. The van der Waals surface area contributed by atoms with Gasteiger partial charge in [0.05, 0.1) is 11.3 Å². The highest BCUT2D eigenvalue weighted by Gasteiger charge is 2.33. The van der Waals surface area contributed by atoms with Crippen molar-refractivity contribution in [2.75, 3.05) is 26.2 Å². The van der Waals surface area contributed by atoms with Gasteiger partial charge in [-0.15, -0.1) is 0 Å². The fraction of sp³-hybridized carbons (Fsp3) is 0.323. The van der Waals surface area contributed by atoms with Crippen LogP contribution >= 0.6 is 0 Å². The van der Waals surface area contributed by atoms with Gasteiger partial charge in [-0.05, 0) is 61.6 Å². The minimum absolute atomic E-state index is 0.169. The number of benzene rings is 2. The number of piperidine rings is 1. The quantitative estimate of drug-likeness (QED) is 0.541. The molecule has 2 aliphatic heterocycles. The van der Waals surface area contributed by atoms with Gasteiger partial charge in [0.25, 0.3) is 0 Å². The molecular weight excluding hydrogens is 448 g/mol. The molecule has 5 nitrogen and oxygen atoms in total. The maximum Gasteiger partial charge on any atom is 0.131 e. The van der Waals surface area contributed by atoms with Crippen molar-refractivity contribution in [1.82, 2.24) is 9.88 Å². The molecule has 0 spiro atoms. The van der Waals surface area contributed by atoms with E-state index < -0.39 is 5.60 Å². The molecule has 2 aromatic carbocycles. The summed E-state index contributed by atoms with van der Waals surface area (Å²) in [4.78, 5) is 7.00. The summed E-state index contributed by atoms with van der Waals surface area (Å²) in [7, 11) is 0. The zero-order valence-electron chi connectivity index (χ0n) is 20.7. The molecule has 3 heterocycles. The standard InChI is InChI=1S/C31H32N2O3/c1-23-8-11-25(12-9-23)31(35)14-18-33(19-15-31)17-3-7-26-27-6-2-16-32-29(27)22-36-30-13-10-24(5-4-20-34)21-28(26)30/h2,6-13,16,21,34-35H,3,14-15,17-20,22H2,1H3/b26-7+. The highest BCUT2D eigenvalue weighted by Crippen LogP contribution is 2.37.